The molecular formula is C20H19ClF5N7O2. The highest BCUT2D eigenvalue weighted by molar-refractivity contribution is 6.31. The number of aromatic nitrogens is 3. The van der Waals surface area contributed by atoms with Crippen LogP contribution in [-0.2, 0) is 22.6 Å². The number of Topliss-reactive ketones (excluding diaryl/α,β-unsaturated/α-hetero) is 1. The van der Waals surface area contributed by atoms with Crippen LogP contribution in [0, 0.1) is 0 Å². The summed E-state index contributed by atoms with van der Waals surface area (Å²) >= 11 is 6.02. The Morgan fingerprint density at radius 3 is 2.60 bits per heavy atom. The second kappa shape index (κ2) is 8.17. The summed E-state index contributed by atoms with van der Waals surface area (Å²) in [5.74, 6) is 5.02. The largest absolute Gasteiger partial charge is 0.453 e. The van der Waals surface area contributed by atoms with Crippen molar-refractivity contribution in [2.24, 2.45) is 11.7 Å². The molecule has 0 spiro atoms. The van der Waals surface area contributed by atoms with Crippen molar-refractivity contribution in [3.05, 3.63) is 35.0 Å². The van der Waals surface area contributed by atoms with Gasteiger partial charge in [0.1, 0.15) is 5.69 Å². The highest BCUT2D eigenvalue weighted by atomic mass is 35.5. The van der Waals surface area contributed by atoms with E-state index in [-0.39, 0.29) is 28.3 Å². The molecule has 4 rings (SSSR count). The molecule has 1 atom stereocenters. The number of hydrazine groups is 2. The van der Waals surface area contributed by atoms with Crippen LogP contribution >= 0.6 is 11.6 Å². The number of ketones is 1. The number of hydrogen-bond acceptors (Lipinski definition) is 6. The summed E-state index contributed by atoms with van der Waals surface area (Å²) < 4.78 is 66.0. The van der Waals surface area contributed by atoms with Gasteiger partial charge < -0.3 is 4.98 Å². The number of halogens is 6. The molecule has 3 aromatic rings. The van der Waals surface area contributed by atoms with Crippen molar-refractivity contribution in [1.82, 2.24) is 20.2 Å². The smallest absolute Gasteiger partial charge is 0.355 e. The first-order valence-electron chi connectivity index (χ1n) is 10.1. The minimum Gasteiger partial charge on any atom is -0.355 e. The van der Waals surface area contributed by atoms with Gasteiger partial charge in [0.05, 0.1) is 23.3 Å². The van der Waals surface area contributed by atoms with Gasteiger partial charge in [-0.1, -0.05) is 11.6 Å². The second-order valence-corrected chi connectivity index (χ2v) is 8.68. The Morgan fingerprint density at radius 1 is 1.29 bits per heavy atom. The van der Waals surface area contributed by atoms with Gasteiger partial charge in [-0.3, -0.25) is 24.7 Å². The minimum absolute atomic E-state index is 0.199. The van der Waals surface area contributed by atoms with E-state index in [2.05, 4.69) is 10.1 Å². The van der Waals surface area contributed by atoms with Gasteiger partial charge in [-0.25, -0.2) is 11.7 Å². The molecular weight excluding hydrogens is 501 g/mol. The number of aromatic amines is 1. The molecule has 1 aromatic carbocycles. The zero-order chi connectivity index (χ0) is 25.9. The molecule has 1 aliphatic heterocycles. The molecule has 35 heavy (non-hydrogen) atoms. The Hall–Kier alpha value is -3.23. The molecule has 188 valence electrons. The maximum absolute atomic E-state index is 13.5. The van der Waals surface area contributed by atoms with Gasteiger partial charge in [0.15, 0.2) is 11.3 Å². The van der Waals surface area contributed by atoms with Gasteiger partial charge in [0.2, 0.25) is 0 Å². The van der Waals surface area contributed by atoms with Gasteiger partial charge in [0, 0.05) is 29.1 Å². The maximum atomic E-state index is 13.5. The quantitative estimate of drug-likeness (QED) is 0.135. The summed E-state index contributed by atoms with van der Waals surface area (Å²) in [6.07, 6.45) is -7.43. The van der Waals surface area contributed by atoms with E-state index in [0.717, 1.165) is 9.69 Å². The predicted octanol–water partition coefficient (Wildman–Crippen LogP) is 2.83. The van der Waals surface area contributed by atoms with Crippen molar-refractivity contribution < 1.29 is 31.5 Å². The third-order valence-electron chi connectivity index (χ3n) is 6.09. The van der Waals surface area contributed by atoms with Crippen LogP contribution in [0.2, 0.25) is 5.02 Å². The number of benzene rings is 1. The van der Waals surface area contributed by atoms with E-state index in [1.165, 1.54) is 31.2 Å². The van der Waals surface area contributed by atoms with Crippen LogP contribution in [0.5, 0.6) is 0 Å². The fraction of sp³-hybridized carbons (Fsp3) is 0.350. The van der Waals surface area contributed by atoms with E-state index in [0.29, 0.717) is 16.8 Å². The Morgan fingerprint density at radius 2 is 1.97 bits per heavy atom. The first-order valence-corrected chi connectivity index (χ1v) is 10.5. The lowest BCUT2D eigenvalue weighted by Gasteiger charge is -2.39. The van der Waals surface area contributed by atoms with Gasteiger partial charge in [-0.15, -0.1) is 0 Å². The number of fused-ring (bicyclic) bond motifs is 2. The highest BCUT2D eigenvalue weighted by Gasteiger charge is 2.56. The van der Waals surface area contributed by atoms with Gasteiger partial charge in [-0.2, -0.15) is 27.1 Å². The van der Waals surface area contributed by atoms with Gasteiger partial charge >= 0.3 is 12.1 Å². The monoisotopic (exact) mass is 519 g/mol. The van der Waals surface area contributed by atoms with E-state index in [4.69, 9.17) is 23.3 Å². The fourth-order valence-electron chi connectivity index (χ4n) is 3.95. The molecule has 6 N–H and O–H groups in total. The molecule has 15 heteroatoms. The van der Waals surface area contributed by atoms with E-state index in [1.54, 1.807) is 0 Å². The number of alkyl halides is 5. The second-order valence-electron chi connectivity index (χ2n) is 8.25. The van der Waals surface area contributed by atoms with E-state index >= 15 is 0 Å². The zero-order valence-corrected chi connectivity index (χ0v) is 18.8. The summed E-state index contributed by atoms with van der Waals surface area (Å²) in [6.45, 7) is 0.556. The lowest BCUT2D eigenvalue weighted by molar-refractivity contribution is -0.285. The summed E-state index contributed by atoms with van der Waals surface area (Å²) in [5.41, 5.74) is 1.49. The number of carbonyl (C=O) groups is 2. The molecule has 1 unspecified atom stereocenters. The number of amides is 1. The standard InChI is InChI=1S/C20H19ClF5N7O2/c1-18(17(35)30-27)15(34)8-11-14(33(18)28)7-12(29-11)16-10-3-2-9(21)6-13(10)32(31-16)5-4-19(22,23)20(24,25)26/h2-3,6-7,29H,4-5,8,27-28H2,1H3,(H,30,35). The number of anilines is 1. The number of aryl methyl sites for hydroxylation is 1. The minimum atomic E-state index is -5.70. The number of rotatable bonds is 5. The SMILES string of the molecule is CC1(C(=O)NN)C(=O)Cc2[nH]c(-c3nn(CCC(F)(F)C(F)(F)F)c4cc(Cl)ccc34)cc2N1N. The molecule has 0 saturated carbocycles. The molecule has 9 nitrogen and oxygen atoms in total. The number of nitrogens with two attached hydrogens (primary N) is 2. The molecule has 2 aromatic heterocycles. The van der Waals surface area contributed by atoms with Gasteiger partial charge in [-0.05, 0) is 31.2 Å². The average Bonchev–Trinajstić information content (AvgIpc) is 3.35. The van der Waals surface area contributed by atoms with E-state index in [1.807, 2.05) is 5.43 Å². The Bertz CT molecular complexity index is 1340. The van der Waals surface area contributed by atoms with Crippen molar-refractivity contribution in [3.63, 3.8) is 0 Å². The molecule has 0 fully saturated rings. The van der Waals surface area contributed by atoms with E-state index in [9.17, 15) is 31.5 Å². The molecule has 0 bridgehead atoms. The zero-order valence-electron chi connectivity index (χ0n) is 18.0. The Labute approximate surface area is 199 Å². The highest BCUT2D eigenvalue weighted by Crippen LogP contribution is 2.40. The van der Waals surface area contributed by atoms with Crippen LogP contribution in [0.25, 0.3) is 22.3 Å². The maximum Gasteiger partial charge on any atom is 0.453 e. The normalized spacial score (nSPS) is 18.8. The molecule has 0 aliphatic carbocycles. The summed E-state index contributed by atoms with van der Waals surface area (Å²) in [6, 6.07) is 5.93. The fourth-order valence-corrected chi connectivity index (χ4v) is 4.12. The summed E-state index contributed by atoms with van der Waals surface area (Å²) in [4.78, 5) is 27.9. The molecule has 0 saturated heterocycles. The number of nitrogens with one attached hydrogen (secondary N) is 2. The molecule has 1 aliphatic rings. The average molecular weight is 520 g/mol. The number of nitrogens with zero attached hydrogens (tertiary/aromatic N) is 3. The van der Waals surface area contributed by atoms with Crippen LogP contribution in [0.3, 0.4) is 0 Å². The predicted molar refractivity (Wildman–Crippen MR) is 116 cm³/mol. The molecule has 0 radical (unpaired) electrons. The summed E-state index contributed by atoms with van der Waals surface area (Å²) in [7, 11) is 0. The first-order chi connectivity index (χ1) is 16.2. The van der Waals surface area contributed by atoms with E-state index < -0.39 is 42.3 Å². The number of carbonyl (C=O) groups excluding carboxylic acids is 2. The molecule has 1 amide bonds. The van der Waals surface area contributed by atoms with Crippen molar-refractivity contribution >= 4 is 39.9 Å². The van der Waals surface area contributed by atoms with Crippen molar-refractivity contribution in [2.45, 2.75) is 43.9 Å². The van der Waals surface area contributed by atoms with Crippen LogP contribution in [0.15, 0.2) is 24.3 Å². The number of hydrogen-bond donors (Lipinski definition) is 4. The first kappa shape index (κ1) is 24.9. The third-order valence-corrected chi connectivity index (χ3v) is 6.33. The Kier molecular flexibility index (Phi) is 5.81. The van der Waals surface area contributed by atoms with Gasteiger partial charge in [0.25, 0.3) is 5.91 Å². The Balaban J connectivity index is 1.77. The van der Waals surface area contributed by atoms with Crippen molar-refractivity contribution in [1.29, 1.82) is 0 Å². The number of H-pyrrole nitrogens is 1. The third kappa shape index (κ3) is 3.90. The lowest BCUT2D eigenvalue weighted by Crippen LogP contribution is -2.67. The summed E-state index contributed by atoms with van der Waals surface area (Å²) in [5, 5.41) is 5.82. The van der Waals surface area contributed by atoms with Crippen LogP contribution in [-0.4, -0.2) is 44.1 Å². The molecule has 3 heterocycles. The van der Waals surface area contributed by atoms with Crippen molar-refractivity contribution in [3.8, 4) is 11.4 Å². The van der Waals surface area contributed by atoms with Crippen LogP contribution in [0.1, 0.15) is 19.0 Å². The van der Waals surface area contributed by atoms with Crippen molar-refractivity contribution in [2.75, 3.05) is 5.01 Å². The topological polar surface area (TPSA) is 135 Å². The van der Waals surface area contributed by atoms with Crippen LogP contribution < -0.4 is 22.1 Å². The van der Waals surface area contributed by atoms with Crippen LogP contribution in [0.4, 0.5) is 27.6 Å². The lowest BCUT2D eigenvalue weighted by atomic mass is 9.87.